The number of hydrogen-bond acceptors (Lipinski definition) is 5. The summed E-state index contributed by atoms with van der Waals surface area (Å²) in [7, 11) is 1.31. The molecule has 0 spiro atoms. The molecule has 0 unspecified atom stereocenters. The third kappa shape index (κ3) is 6.17. The standard InChI is InChI=1S/C16H27N3O3S/c1-10(2)7-19(16(21)17-12(5)15(20)22-6)8-13-9-23-14(18-13)11(3)4/h9-12H,7-8H2,1-6H3,(H,17,21)/t12-/m0/s1. The lowest BCUT2D eigenvalue weighted by atomic mass is 10.2. The lowest BCUT2D eigenvalue weighted by Gasteiger charge is -2.25. The topological polar surface area (TPSA) is 71.5 Å². The van der Waals surface area contributed by atoms with Crippen LogP contribution in [0.3, 0.4) is 0 Å². The summed E-state index contributed by atoms with van der Waals surface area (Å²) in [6.07, 6.45) is 0. The second kappa shape index (κ2) is 8.86. The molecule has 2 amide bonds. The van der Waals surface area contributed by atoms with Crippen LogP contribution in [0.5, 0.6) is 0 Å². The van der Waals surface area contributed by atoms with Crippen LogP contribution in [0.15, 0.2) is 5.38 Å². The van der Waals surface area contributed by atoms with Crippen molar-refractivity contribution in [3.8, 4) is 0 Å². The van der Waals surface area contributed by atoms with Crippen LogP contribution < -0.4 is 5.32 Å². The molecule has 0 aliphatic carbocycles. The molecule has 0 radical (unpaired) electrons. The van der Waals surface area contributed by atoms with Crippen LogP contribution in [0.4, 0.5) is 4.79 Å². The van der Waals surface area contributed by atoms with Gasteiger partial charge in [-0.1, -0.05) is 27.7 Å². The predicted molar refractivity (Wildman–Crippen MR) is 91.5 cm³/mol. The molecule has 0 bridgehead atoms. The number of carbonyl (C=O) groups excluding carboxylic acids is 2. The lowest BCUT2D eigenvalue weighted by Crippen LogP contribution is -2.47. The van der Waals surface area contributed by atoms with Gasteiger partial charge < -0.3 is 15.0 Å². The van der Waals surface area contributed by atoms with Gasteiger partial charge in [0.25, 0.3) is 0 Å². The minimum absolute atomic E-state index is 0.282. The Kier molecular flexibility index (Phi) is 7.48. The van der Waals surface area contributed by atoms with E-state index in [1.54, 1.807) is 23.2 Å². The summed E-state index contributed by atoms with van der Waals surface area (Å²) < 4.78 is 4.64. The molecule has 0 saturated carbocycles. The average molecular weight is 341 g/mol. The molecule has 0 aromatic carbocycles. The summed E-state index contributed by atoms with van der Waals surface area (Å²) >= 11 is 1.61. The van der Waals surface area contributed by atoms with Gasteiger partial charge in [0, 0.05) is 17.8 Å². The minimum atomic E-state index is -0.677. The molecule has 1 aromatic heterocycles. The Hall–Kier alpha value is -1.63. The molecule has 0 fully saturated rings. The summed E-state index contributed by atoms with van der Waals surface area (Å²) in [6.45, 7) is 10.9. The molecule has 130 valence electrons. The first-order valence-electron chi connectivity index (χ1n) is 7.82. The van der Waals surface area contributed by atoms with Gasteiger partial charge in [0.1, 0.15) is 6.04 Å². The number of methoxy groups -OCH3 is 1. The summed E-state index contributed by atoms with van der Waals surface area (Å²) in [6, 6.07) is -0.959. The fraction of sp³-hybridized carbons (Fsp3) is 0.688. The van der Waals surface area contributed by atoms with Crippen LogP contribution in [0.25, 0.3) is 0 Å². The monoisotopic (exact) mass is 341 g/mol. The molecular formula is C16H27N3O3S. The van der Waals surface area contributed by atoms with Crippen molar-refractivity contribution in [2.75, 3.05) is 13.7 Å². The number of thiazole rings is 1. The number of nitrogens with zero attached hydrogens (tertiary/aromatic N) is 2. The van der Waals surface area contributed by atoms with Crippen LogP contribution in [0.2, 0.25) is 0 Å². The minimum Gasteiger partial charge on any atom is -0.467 e. The molecule has 1 N–H and O–H groups in total. The van der Waals surface area contributed by atoms with Gasteiger partial charge in [-0.15, -0.1) is 11.3 Å². The number of carbonyl (C=O) groups is 2. The van der Waals surface area contributed by atoms with Crippen LogP contribution in [-0.2, 0) is 16.1 Å². The smallest absolute Gasteiger partial charge is 0.328 e. The van der Waals surface area contributed by atoms with Gasteiger partial charge in [-0.3, -0.25) is 0 Å². The number of aromatic nitrogens is 1. The van der Waals surface area contributed by atoms with Crippen LogP contribution >= 0.6 is 11.3 Å². The normalized spacial score (nSPS) is 12.3. The maximum atomic E-state index is 12.4. The highest BCUT2D eigenvalue weighted by Gasteiger charge is 2.22. The first kappa shape index (κ1) is 19.4. The van der Waals surface area contributed by atoms with E-state index in [1.807, 2.05) is 19.2 Å². The van der Waals surface area contributed by atoms with E-state index in [0.717, 1.165) is 10.7 Å². The van der Waals surface area contributed by atoms with E-state index in [0.29, 0.717) is 24.9 Å². The Morgan fingerprint density at radius 3 is 2.43 bits per heavy atom. The van der Waals surface area contributed by atoms with Crippen molar-refractivity contribution in [3.63, 3.8) is 0 Å². The summed E-state index contributed by atoms with van der Waals surface area (Å²) in [5.74, 6) is 0.233. The van der Waals surface area contributed by atoms with Crippen molar-refractivity contribution >= 4 is 23.3 Å². The Morgan fingerprint density at radius 2 is 1.96 bits per heavy atom. The number of hydrogen-bond donors (Lipinski definition) is 1. The maximum absolute atomic E-state index is 12.4. The van der Waals surface area contributed by atoms with Crippen LogP contribution in [-0.4, -0.2) is 41.6 Å². The SMILES string of the molecule is COC(=O)[C@H](C)NC(=O)N(Cc1csc(C(C)C)n1)CC(C)C. The number of amides is 2. The average Bonchev–Trinajstić information content (AvgIpc) is 2.93. The van der Waals surface area contributed by atoms with Crippen molar-refractivity contribution in [2.45, 2.75) is 53.1 Å². The Bertz CT molecular complexity index is 528. The van der Waals surface area contributed by atoms with Gasteiger partial charge in [-0.05, 0) is 12.8 Å². The van der Waals surface area contributed by atoms with Crippen LogP contribution in [0.1, 0.15) is 51.2 Å². The van der Waals surface area contributed by atoms with E-state index in [4.69, 9.17) is 0 Å². The molecule has 1 aromatic rings. The predicted octanol–water partition coefficient (Wildman–Crippen LogP) is 3.00. The van der Waals surface area contributed by atoms with Gasteiger partial charge in [-0.25, -0.2) is 14.6 Å². The molecule has 0 saturated heterocycles. The van der Waals surface area contributed by atoms with E-state index in [2.05, 4.69) is 28.9 Å². The lowest BCUT2D eigenvalue weighted by molar-refractivity contribution is -0.142. The molecule has 6 nitrogen and oxygen atoms in total. The summed E-state index contributed by atoms with van der Waals surface area (Å²) in [5, 5.41) is 5.72. The van der Waals surface area contributed by atoms with E-state index in [1.165, 1.54) is 7.11 Å². The number of urea groups is 1. The van der Waals surface area contributed by atoms with Gasteiger partial charge in [-0.2, -0.15) is 0 Å². The number of esters is 1. The maximum Gasteiger partial charge on any atom is 0.328 e. The molecule has 0 aliphatic rings. The fourth-order valence-electron chi connectivity index (χ4n) is 2.03. The Labute approximate surface area is 142 Å². The van der Waals surface area contributed by atoms with Gasteiger partial charge in [0.2, 0.25) is 0 Å². The van der Waals surface area contributed by atoms with Crippen molar-refractivity contribution in [2.24, 2.45) is 5.92 Å². The highest BCUT2D eigenvalue weighted by Crippen LogP contribution is 2.20. The van der Waals surface area contributed by atoms with Crippen molar-refractivity contribution in [3.05, 3.63) is 16.1 Å². The molecule has 0 aliphatic heterocycles. The van der Waals surface area contributed by atoms with E-state index >= 15 is 0 Å². The van der Waals surface area contributed by atoms with E-state index < -0.39 is 12.0 Å². The fourth-order valence-corrected chi connectivity index (χ4v) is 2.85. The molecule has 1 atom stereocenters. The quantitative estimate of drug-likeness (QED) is 0.774. The highest BCUT2D eigenvalue weighted by atomic mass is 32.1. The molecule has 23 heavy (non-hydrogen) atoms. The third-order valence-corrected chi connectivity index (χ3v) is 4.38. The van der Waals surface area contributed by atoms with E-state index in [9.17, 15) is 9.59 Å². The second-order valence-corrected chi connectivity index (χ2v) is 7.19. The number of rotatable bonds is 7. The van der Waals surface area contributed by atoms with Gasteiger partial charge in [0.05, 0.1) is 24.4 Å². The second-order valence-electron chi connectivity index (χ2n) is 6.30. The van der Waals surface area contributed by atoms with Crippen molar-refractivity contribution in [1.82, 2.24) is 15.2 Å². The van der Waals surface area contributed by atoms with Gasteiger partial charge in [0.15, 0.2) is 0 Å². The Balaban J connectivity index is 2.78. The van der Waals surface area contributed by atoms with Crippen molar-refractivity contribution < 1.29 is 14.3 Å². The molecule has 1 rings (SSSR count). The molecule has 7 heteroatoms. The van der Waals surface area contributed by atoms with E-state index in [-0.39, 0.29) is 6.03 Å². The zero-order valence-corrected chi connectivity index (χ0v) is 15.6. The zero-order chi connectivity index (χ0) is 17.6. The molecular weight excluding hydrogens is 314 g/mol. The largest absolute Gasteiger partial charge is 0.467 e. The van der Waals surface area contributed by atoms with Crippen molar-refractivity contribution in [1.29, 1.82) is 0 Å². The first-order chi connectivity index (χ1) is 10.7. The summed E-state index contributed by atoms with van der Waals surface area (Å²) in [4.78, 5) is 30.2. The summed E-state index contributed by atoms with van der Waals surface area (Å²) in [5.41, 5.74) is 0.875. The van der Waals surface area contributed by atoms with Crippen LogP contribution in [0, 0.1) is 5.92 Å². The van der Waals surface area contributed by atoms with Gasteiger partial charge >= 0.3 is 12.0 Å². The first-order valence-corrected chi connectivity index (χ1v) is 8.70. The highest BCUT2D eigenvalue weighted by molar-refractivity contribution is 7.09. The Morgan fingerprint density at radius 1 is 1.30 bits per heavy atom. The number of ether oxygens (including phenoxy) is 1. The molecule has 1 heterocycles. The zero-order valence-electron chi connectivity index (χ0n) is 14.8. The third-order valence-electron chi connectivity index (χ3n) is 3.18. The number of nitrogens with one attached hydrogen (secondary N) is 1.